The van der Waals surface area contributed by atoms with Crippen LogP contribution < -0.4 is 5.73 Å². The summed E-state index contributed by atoms with van der Waals surface area (Å²) in [6, 6.07) is 0.0653. The van der Waals surface area contributed by atoms with E-state index in [1.807, 2.05) is 17.7 Å². The van der Waals surface area contributed by atoms with Crippen LogP contribution in [0.5, 0.6) is 0 Å². The molecule has 2 N–H and O–H groups in total. The van der Waals surface area contributed by atoms with E-state index in [-0.39, 0.29) is 17.5 Å². The average Bonchev–Trinajstić information content (AvgIpc) is 2.65. The van der Waals surface area contributed by atoms with E-state index in [0.29, 0.717) is 19.4 Å². The maximum absolute atomic E-state index is 11.3. The molecule has 17 heavy (non-hydrogen) atoms. The zero-order valence-corrected chi connectivity index (χ0v) is 11.3. The van der Waals surface area contributed by atoms with Crippen molar-refractivity contribution in [2.24, 2.45) is 5.73 Å². The number of nitrogens with zero attached hydrogens (tertiary/aromatic N) is 2. The molecule has 0 bridgehead atoms. The van der Waals surface area contributed by atoms with Gasteiger partial charge in [-0.3, -0.25) is 0 Å². The second kappa shape index (κ2) is 6.16. The first-order valence-corrected chi connectivity index (χ1v) is 7.72. The van der Waals surface area contributed by atoms with E-state index in [9.17, 15) is 8.42 Å². The molecular weight excluding hydrogens is 238 g/mol. The molecule has 1 aromatic rings. The highest BCUT2D eigenvalue weighted by Gasteiger charge is 2.09. The van der Waals surface area contributed by atoms with Gasteiger partial charge in [0.25, 0.3) is 0 Å². The zero-order valence-electron chi connectivity index (χ0n) is 10.5. The molecule has 0 aromatic carbocycles. The molecule has 0 aliphatic carbocycles. The number of imidazole rings is 1. The van der Waals surface area contributed by atoms with Crippen molar-refractivity contribution in [3.8, 4) is 0 Å². The summed E-state index contributed by atoms with van der Waals surface area (Å²) in [6.07, 6.45) is 4.94. The largest absolute Gasteiger partial charge is 0.335 e. The Morgan fingerprint density at radius 3 is 2.82 bits per heavy atom. The van der Waals surface area contributed by atoms with Crippen LogP contribution in [0.25, 0.3) is 0 Å². The van der Waals surface area contributed by atoms with E-state index in [4.69, 9.17) is 5.73 Å². The summed E-state index contributed by atoms with van der Waals surface area (Å²) in [6.45, 7) is 4.29. The van der Waals surface area contributed by atoms with Gasteiger partial charge >= 0.3 is 0 Å². The number of aromatic nitrogens is 2. The number of sulfone groups is 1. The molecule has 0 saturated carbocycles. The van der Waals surface area contributed by atoms with Crippen molar-refractivity contribution in [3.63, 3.8) is 0 Å². The molecule has 0 radical (unpaired) electrons. The molecule has 5 nitrogen and oxygen atoms in total. The lowest BCUT2D eigenvalue weighted by molar-refractivity contribution is 0.577. The SMILES string of the molecule is CCS(=O)(=O)CCCn1ccnc1CC(C)N. The third-order valence-corrected chi connectivity index (χ3v) is 4.39. The highest BCUT2D eigenvalue weighted by Crippen LogP contribution is 2.04. The summed E-state index contributed by atoms with van der Waals surface area (Å²) < 4.78 is 24.7. The monoisotopic (exact) mass is 259 g/mol. The highest BCUT2D eigenvalue weighted by molar-refractivity contribution is 7.91. The van der Waals surface area contributed by atoms with Crippen molar-refractivity contribution >= 4 is 9.84 Å². The van der Waals surface area contributed by atoms with Crippen LogP contribution in [-0.4, -0.2) is 35.5 Å². The summed E-state index contributed by atoms with van der Waals surface area (Å²) in [7, 11) is -2.87. The molecule has 0 amide bonds. The second-order valence-electron chi connectivity index (χ2n) is 4.31. The molecule has 1 atom stereocenters. The Morgan fingerprint density at radius 1 is 1.53 bits per heavy atom. The van der Waals surface area contributed by atoms with E-state index < -0.39 is 9.84 Å². The minimum absolute atomic E-state index is 0.0653. The van der Waals surface area contributed by atoms with E-state index >= 15 is 0 Å². The van der Waals surface area contributed by atoms with Crippen molar-refractivity contribution < 1.29 is 8.42 Å². The fraction of sp³-hybridized carbons (Fsp3) is 0.727. The van der Waals surface area contributed by atoms with Gasteiger partial charge in [0.15, 0.2) is 0 Å². The van der Waals surface area contributed by atoms with Crippen LogP contribution in [0.15, 0.2) is 12.4 Å². The van der Waals surface area contributed by atoms with Crippen molar-refractivity contribution in [2.75, 3.05) is 11.5 Å². The van der Waals surface area contributed by atoms with E-state index in [2.05, 4.69) is 4.98 Å². The average molecular weight is 259 g/mol. The van der Waals surface area contributed by atoms with Gasteiger partial charge in [-0.2, -0.15) is 0 Å². The number of aryl methyl sites for hydroxylation is 1. The minimum atomic E-state index is -2.87. The fourth-order valence-electron chi connectivity index (χ4n) is 1.62. The van der Waals surface area contributed by atoms with Gasteiger partial charge in [-0.25, -0.2) is 13.4 Å². The predicted octanol–water partition coefficient (Wildman–Crippen LogP) is 0.598. The van der Waals surface area contributed by atoms with Gasteiger partial charge in [0, 0.05) is 37.2 Å². The Morgan fingerprint density at radius 2 is 2.24 bits per heavy atom. The van der Waals surface area contributed by atoms with Crippen molar-refractivity contribution in [1.29, 1.82) is 0 Å². The first-order chi connectivity index (χ1) is 7.94. The lowest BCUT2D eigenvalue weighted by Gasteiger charge is -2.09. The predicted molar refractivity (Wildman–Crippen MR) is 68.5 cm³/mol. The first-order valence-electron chi connectivity index (χ1n) is 5.90. The van der Waals surface area contributed by atoms with Crippen molar-refractivity contribution in [1.82, 2.24) is 9.55 Å². The van der Waals surface area contributed by atoms with E-state index in [1.54, 1.807) is 13.1 Å². The molecule has 0 saturated heterocycles. The highest BCUT2D eigenvalue weighted by atomic mass is 32.2. The maximum atomic E-state index is 11.3. The third kappa shape index (κ3) is 4.87. The van der Waals surface area contributed by atoms with Gasteiger partial charge in [-0.05, 0) is 13.3 Å². The Labute approximate surface area is 103 Å². The lowest BCUT2D eigenvalue weighted by Crippen LogP contribution is -2.21. The van der Waals surface area contributed by atoms with E-state index in [0.717, 1.165) is 5.82 Å². The molecule has 98 valence electrons. The van der Waals surface area contributed by atoms with Gasteiger partial charge in [0.2, 0.25) is 0 Å². The molecule has 0 fully saturated rings. The number of hydrogen-bond donors (Lipinski definition) is 1. The van der Waals surface area contributed by atoms with Gasteiger partial charge < -0.3 is 10.3 Å². The summed E-state index contributed by atoms with van der Waals surface area (Å²) in [5.41, 5.74) is 5.72. The standard InChI is InChI=1S/C11H21N3O2S/c1-3-17(15,16)8-4-6-14-7-5-13-11(14)9-10(2)12/h5,7,10H,3-4,6,8-9,12H2,1-2H3. The summed E-state index contributed by atoms with van der Waals surface area (Å²) in [5, 5.41) is 0. The smallest absolute Gasteiger partial charge is 0.150 e. The molecule has 0 aliphatic rings. The minimum Gasteiger partial charge on any atom is -0.335 e. The van der Waals surface area contributed by atoms with Crippen LogP contribution in [0.4, 0.5) is 0 Å². The molecule has 1 unspecified atom stereocenters. The van der Waals surface area contributed by atoms with Crippen LogP contribution in [0.3, 0.4) is 0 Å². The second-order valence-corrected chi connectivity index (χ2v) is 6.78. The number of nitrogens with two attached hydrogens (primary N) is 1. The van der Waals surface area contributed by atoms with Crippen molar-refractivity contribution in [3.05, 3.63) is 18.2 Å². The molecule has 0 aliphatic heterocycles. The molecule has 1 aromatic heterocycles. The van der Waals surface area contributed by atoms with Crippen molar-refractivity contribution in [2.45, 2.75) is 39.3 Å². The molecule has 0 spiro atoms. The van der Waals surface area contributed by atoms with E-state index in [1.165, 1.54) is 0 Å². The van der Waals surface area contributed by atoms with Gasteiger partial charge in [0.1, 0.15) is 15.7 Å². The van der Waals surface area contributed by atoms with Crippen LogP contribution in [0.2, 0.25) is 0 Å². The number of hydrogen-bond acceptors (Lipinski definition) is 4. The number of rotatable bonds is 7. The fourth-order valence-corrected chi connectivity index (χ4v) is 2.48. The summed E-state index contributed by atoms with van der Waals surface area (Å²) in [4.78, 5) is 4.23. The van der Waals surface area contributed by atoms with Gasteiger partial charge in [-0.1, -0.05) is 6.92 Å². The van der Waals surface area contributed by atoms with Crippen LogP contribution >= 0.6 is 0 Å². The lowest BCUT2D eigenvalue weighted by atomic mass is 10.2. The topological polar surface area (TPSA) is 78.0 Å². The normalized spacial score (nSPS) is 13.8. The Hall–Kier alpha value is -0.880. The Kier molecular flexibility index (Phi) is 5.14. The van der Waals surface area contributed by atoms with Crippen LogP contribution in [0.1, 0.15) is 26.1 Å². The zero-order chi connectivity index (χ0) is 12.9. The summed E-state index contributed by atoms with van der Waals surface area (Å²) >= 11 is 0. The molecule has 1 rings (SSSR count). The Balaban J connectivity index is 2.50. The quantitative estimate of drug-likeness (QED) is 0.777. The van der Waals surface area contributed by atoms with Crippen LogP contribution in [-0.2, 0) is 22.8 Å². The van der Waals surface area contributed by atoms with Gasteiger partial charge in [0.05, 0.1) is 5.75 Å². The van der Waals surface area contributed by atoms with Gasteiger partial charge in [-0.15, -0.1) is 0 Å². The maximum Gasteiger partial charge on any atom is 0.150 e. The summed E-state index contributed by atoms with van der Waals surface area (Å²) in [5.74, 6) is 1.37. The van der Waals surface area contributed by atoms with Crippen LogP contribution in [0, 0.1) is 0 Å². The Bertz CT molecular complexity index is 437. The molecular formula is C11H21N3O2S. The molecule has 1 heterocycles. The molecule has 6 heteroatoms. The first kappa shape index (κ1) is 14.2. The third-order valence-electron chi connectivity index (χ3n) is 2.60.